The largest absolute Gasteiger partial charge is 0.490 e. The van der Waals surface area contributed by atoms with Crippen LogP contribution < -0.4 is 10.9 Å². The molecule has 2 N–H and O–H groups in total. The van der Waals surface area contributed by atoms with Crippen molar-refractivity contribution in [3.8, 4) is 5.69 Å². The van der Waals surface area contributed by atoms with Crippen molar-refractivity contribution < 1.29 is 27.9 Å². The molecular weight excluding hydrogens is 463 g/mol. The van der Waals surface area contributed by atoms with Crippen molar-refractivity contribution in [3.05, 3.63) is 106 Å². The molecule has 0 spiro atoms. The van der Waals surface area contributed by atoms with Crippen LogP contribution in [0.25, 0.3) is 16.6 Å². The minimum atomic E-state index is -5.08. The number of benzene rings is 3. The summed E-state index contributed by atoms with van der Waals surface area (Å²) < 4.78 is 33.3. The van der Waals surface area contributed by atoms with Crippen molar-refractivity contribution in [2.45, 2.75) is 18.6 Å². The zero-order valence-corrected chi connectivity index (χ0v) is 18.0. The van der Waals surface area contributed by atoms with Crippen LogP contribution in [0.3, 0.4) is 0 Å². The zero-order valence-electron chi connectivity index (χ0n) is 18.0. The summed E-state index contributed by atoms with van der Waals surface area (Å²) >= 11 is 0. The number of aromatic nitrogens is 2. The molecule has 0 aliphatic carbocycles. The number of halogens is 3. The van der Waals surface area contributed by atoms with Crippen molar-refractivity contribution in [2.75, 3.05) is 0 Å². The van der Waals surface area contributed by atoms with Crippen molar-refractivity contribution in [2.24, 2.45) is 0 Å². The molecule has 1 unspecified atom stereocenters. The number of rotatable bonds is 2. The Bertz CT molecular complexity index is 1470. The Morgan fingerprint density at radius 1 is 0.943 bits per heavy atom. The van der Waals surface area contributed by atoms with E-state index in [2.05, 4.69) is 5.32 Å². The lowest BCUT2D eigenvalue weighted by atomic mass is 10.0. The van der Waals surface area contributed by atoms with Crippen LogP contribution in [0.1, 0.15) is 27.8 Å². The van der Waals surface area contributed by atoms with Gasteiger partial charge >= 0.3 is 12.1 Å². The monoisotopic (exact) mass is 481 g/mol. The number of hydrogen-bond acceptors (Lipinski definition) is 4. The van der Waals surface area contributed by atoms with Crippen LogP contribution >= 0.6 is 0 Å². The van der Waals surface area contributed by atoms with Gasteiger partial charge in [0.15, 0.2) is 0 Å². The Hall–Kier alpha value is -4.47. The molecule has 5 rings (SSSR count). The number of hydrogen-bond donors (Lipinski definition) is 2. The fourth-order valence-corrected chi connectivity index (χ4v) is 3.77. The lowest BCUT2D eigenvalue weighted by Gasteiger charge is -2.19. The number of carbonyl (C=O) groups excluding carboxylic acids is 1. The summed E-state index contributed by atoms with van der Waals surface area (Å²) in [5.41, 5.74) is 2.56. The van der Waals surface area contributed by atoms with Gasteiger partial charge in [0, 0.05) is 0 Å². The van der Waals surface area contributed by atoms with Gasteiger partial charge in [-0.05, 0) is 36.2 Å². The van der Waals surface area contributed by atoms with Crippen molar-refractivity contribution >= 4 is 22.8 Å². The SMILES string of the molecule is O=C(O)C(F)(F)F.O=C1NC(Cc2ccccc2)c2nc3ccccc3c(=O)n2-c2ccccc21. The van der Waals surface area contributed by atoms with Gasteiger partial charge in [-0.2, -0.15) is 13.2 Å². The lowest BCUT2D eigenvalue weighted by Crippen LogP contribution is -2.31. The summed E-state index contributed by atoms with van der Waals surface area (Å²) in [6, 6.07) is 23.9. The quantitative estimate of drug-likeness (QED) is 0.450. The minimum Gasteiger partial charge on any atom is -0.475 e. The van der Waals surface area contributed by atoms with Crippen LogP contribution in [0.4, 0.5) is 13.2 Å². The first-order valence-corrected chi connectivity index (χ1v) is 10.4. The topological polar surface area (TPSA) is 101 Å². The number of alkyl halides is 3. The van der Waals surface area contributed by atoms with Gasteiger partial charge in [-0.25, -0.2) is 9.78 Å². The second-order valence-electron chi connectivity index (χ2n) is 7.66. The van der Waals surface area contributed by atoms with E-state index < -0.39 is 18.2 Å². The molecule has 7 nitrogen and oxygen atoms in total. The second kappa shape index (κ2) is 9.41. The summed E-state index contributed by atoms with van der Waals surface area (Å²) in [4.78, 5) is 40.0. The molecule has 4 aromatic rings. The van der Waals surface area contributed by atoms with Gasteiger partial charge in [-0.1, -0.05) is 54.6 Å². The number of nitrogens with one attached hydrogen (secondary N) is 1. The molecule has 0 saturated carbocycles. The van der Waals surface area contributed by atoms with Crippen molar-refractivity contribution in [3.63, 3.8) is 0 Å². The van der Waals surface area contributed by atoms with Crippen LogP contribution in [0, 0.1) is 0 Å². The highest BCUT2D eigenvalue weighted by atomic mass is 19.4. The molecule has 0 bridgehead atoms. The van der Waals surface area contributed by atoms with Crippen LogP contribution in [-0.2, 0) is 11.2 Å². The Morgan fingerprint density at radius 2 is 1.54 bits per heavy atom. The molecule has 0 radical (unpaired) electrons. The molecule has 3 aromatic carbocycles. The van der Waals surface area contributed by atoms with E-state index in [-0.39, 0.29) is 11.5 Å². The summed E-state index contributed by atoms with van der Waals surface area (Å²) in [6.45, 7) is 0. The predicted octanol–water partition coefficient (Wildman–Crippen LogP) is 4.05. The lowest BCUT2D eigenvalue weighted by molar-refractivity contribution is -0.192. The van der Waals surface area contributed by atoms with Crippen LogP contribution in [0.5, 0.6) is 0 Å². The third-order valence-corrected chi connectivity index (χ3v) is 5.33. The summed E-state index contributed by atoms with van der Waals surface area (Å²) in [7, 11) is 0. The molecule has 1 amide bonds. The van der Waals surface area contributed by atoms with E-state index in [1.54, 1.807) is 28.8 Å². The van der Waals surface area contributed by atoms with E-state index in [9.17, 15) is 22.8 Å². The zero-order chi connectivity index (χ0) is 25.2. The summed E-state index contributed by atoms with van der Waals surface area (Å²) in [6.07, 6.45) is -4.54. The normalized spacial score (nSPS) is 14.6. The number of fused-ring (bicyclic) bond motifs is 4. The van der Waals surface area contributed by atoms with E-state index in [1.807, 2.05) is 54.6 Å². The number of nitrogens with zero attached hydrogens (tertiary/aromatic N) is 2. The molecule has 1 aliphatic heterocycles. The molecular formula is C25H18F3N3O4. The standard InChI is InChI=1S/C23H17N3O2.C2HF3O2/c27-22-17-11-5-7-13-20(17)26-21(19(25-22)14-15-8-2-1-3-9-15)24-18-12-6-4-10-16(18)23(26)28;3-2(4,5)1(6)7/h1-13,19H,14H2,(H,25,27);(H,6,7). The number of carbonyl (C=O) groups is 2. The Kier molecular flexibility index (Phi) is 6.37. The Morgan fingerprint density at radius 3 is 2.23 bits per heavy atom. The van der Waals surface area contributed by atoms with Crippen LogP contribution in [-0.4, -0.2) is 32.7 Å². The first-order chi connectivity index (χ1) is 16.7. The van der Waals surface area contributed by atoms with Gasteiger partial charge in [0.25, 0.3) is 11.5 Å². The van der Waals surface area contributed by atoms with Gasteiger partial charge in [0.05, 0.1) is 28.2 Å². The summed E-state index contributed by atoms with van der Waals surface area (Å²) in [5, 5.41) is 10.7. The van der Waals surface area contributed by atoms with Gasteiger partial charge in [0.1, 0.15) is 5.82 Å². The number of carboxylic acids is 1. The molecule has 0 saturated heterocycles. The molecule has 178 valence electrons. The minimum absolute atomic E-state index is 0.164. The van der Waals surface area contributed by atoms with Gasteiger partial charge in [-0.15, -0.1) is 0 Å². The molecule has 2 heterocycles. The number of para-hydroxylation sites is 2. The maximum Gasteiger partial charge on any atom is 0.490 e. The maximum absolute atomic E-state index is 13.4. The van der Waals surface area contributed by atoms with Crippen molar-refractivity contribution in [1.82, 2.24) is 14.9 Å². The first kappa shape index (κ1) is 23.7. The van der Waals surface area contributed by atoms with E-state index in [0.717, 1.165) is 5.56 Å². The molecule has 1 aromatic heterocycles. The second-order valence-corrected chi connectivity index (χ2v) is 7.66. The number of amides is 1. The highest BCUT2D eigenvalue weighted by Gasteiger charge is 2.38. The first-order valence-electron chi connectivity index (χ1n) is 10.4. The van der Waals surface area contributed by atoms with Crippen LogP contribution in [0.15, 0.2) is 83.7 Å². The molecule has 35 heavy (non-hydrogen) atoms. The fourth-order valence-electron chi connectivity index (χ4n) is 3.77. The summed E-state index contributed by atoms with van der Waals surface area (Å²) in [5.74, 6) is -2.41. The van der Waals surface area contributed by atoms with E-state index in [1.165, 1.54) is 0 Å². The van der Waals surface area contributed by atoms with E-state index >= 15 is 0 Å². The fraction of sp³-hybridized carbons (Fsp3) is 0.120. The van der Waals surface area contributed by atoms with Gasteiger partial charge < -0.3 is 10.4 Å². The van der Waals surface area contributed by atoms with Gasteiger partial charge in [-0.3, -0.25) is 14.2 Å². The third kappa shape index (κ3) is 4.91. The molecule has 10 heteroatoms. The van der Waals surface area contributed by atoms with E-state index in [0.29, 0.717) is 34.4 Å². The smallest absolute Gasteiger partial charge is 0.475 e. The van der Waals surface area contributed by atoms with Crippen LogP contribution in [0.2, 0.25) is 0 Å². The van der Waals surface area contributed by atoms with Crippen molar-refractivity contribution in [1.29, 1.82) is 0 Å². The molecule has 1 atom stereocenters. The predicted molar refractivity (Wildman–Crippen MR) is 121 cm³/mol. The highest BCUT2D eigenvalue weighted by molar-refractivity contribution is 5.98. The maximum atomic E-state index is 13.4. The highest BCUT2D eigenvalue weighted by Crippen LogP contribution is 2.26. The third-order valence-electron chi connectivity index (χ3n) is 5.33. The molecule has 1 aliphatic rings. The number of carboxylic acid groups (broad SMARTS) is 1. The van der Waals surface area contributed by atoms with E-state index in [4.69, 9.17) is 14.9 Å². The average molecular weight is 481 g/mol. The Labute approximate surface area is 196 Å². The Balaban J connectivity index is 0.000000364. The average Bonchev–Trinajstić information content (AvgIpc) is 2.95. The van der Waals surface area contributed by atoms with Gasteiger partial charge in [0.2, 0.25) is 0 Å². The molecule has 0 fully saturated rings. The number of aliphatic carboxylic acids is 1.